The molecule has 0 spiro atoms. The summed E-state index contributed by atoms with van der Waals surface area (Å²) in [6.07, 6.45) is 1.80. The molecule has 3 rings (SSSR count). The summed E-state index contributed by atoms with van der Waals surface area (Å²) >= 11 is 0. The molecule has 0 aliphatic carbocycles. The van der Waals surface area contributed by atoms with Crippen molar-refractivity contribution in [1.82, 2.24) is 15.5 Å². The van der Waals surface area contributed by atoms with Crippen LogP contribution in [0.2, 0.25) is 0 Å². The van der Waals surface area contributed by atoms with E-state index in [1.54, 1.807) is 24.3 Å². The van der Waals surface area contributed by atoms with Gasteiger partial charge < -0.3 is 10.6 Å². The van der Waals surface area contributed by atoms with Crippen LogP contribution in [0.1, 0.15) is 30.9 Å². The minimum Gasteiger partial charge on any atom is -0.355 e. The second-order valence-electron chi connectivity index (χ2n) is 6.51. The molecule has 0 saturated carbocycles. The SMILES string of the molecule is CCCCNC(=O)CN1C(=O)NC(c2ccccc2)(c2ccccc2)C1=O. The molecule has 0 radical (unpaired) electrons. The molecule has 27 heavy (non-hydrogen) atoms. The molecule has 2 N–H and O–H groups in total. The molecule has 0 bridgehead atoms. The number of carbonyl (C=O) groups excluding carboxylic acids is 3. The highest BCUT2D eigenvalue weighted by molar-refractivity contribution is 6.11. The number of hydrogen-bond acceptors (Lipinski definition) is 3. The Morgan fingerprint density at radius 3 is 2.07 bits per heavy atom. The molecule has 1 fully saturated rings. The summed E-state index contributed by atoms with van der Waals surface area (Å²) in [5, 5.41) is 5.58. The molecule has 0 aromatic heterocycles. The predicted octanol–water partition coefficient (Wildman–Crippen LogP) is 2.40. The highest BCUT2D eigenvalue weighted by atomic mass is 16.2. The summed E-state index contributed by atoms with van der Waals surface area (Å²) < 4.78 is 0. The Balaban J connectivity index is 1.93. The fourth-order valence-electron chi connectivity index (χ4n) is 3.26. The van der Waals surface area contributed by atoms with Crippen LogP contribution in [0.5, 0.6) is 0 Å². The Labute approximate surface area is 158 Å². The fourth-order valence-corrected chi connectivity index (χ4v) is 3.26. The molecule has 1 aliphatic rings. The number of amides is 4. The topological polar surface area (TPSA) is 78.5 Å². The summed E-state index contributed by atoms with van der Waals surface area (Å²) in [5.74, 6) is -0.792. The zero-order valence-corrected chi connectivity index (χ0v) is 15.3. The Morgan fingerprint density at radius 1 is 1.00 bits per heavy atom. The third-order valence-electron chi connectivity index (χ3n) is 4.67. The van der Waals surface area contributed by atoms with Crippen molar-refractivity contribution in [3.63, 3.8) is 0 Å². The van der Waals surface area contributed by atoms with E-state index in [1.807, 2.05) is 43.3 Å². The Hall–Kier alpha value is -3.15. The molecule has 6 heteroatoms. The molecule has 140 valence electrons. The molecule has 0 atom stereocenters. The molecule has 0 unspecified atom stereocenters. The quantitative estimate of drug-likeness (QED) is 0.584. The van der Waals surface area contributed by atoms with E-state index in [4.69, 9.17) is 0 Å². The molecule has 1 aliphatic heterocycles. The van der Waals surface area contributed by atoms with Crippen LogP contribution >= 0.6 is 0 Å². The van der Waals surface area contributed by atoms with Gasteiger partial charge in [0.05, 0.1) is 0 Å². The molecule has 1 heterocycles. The van der Waals surface area contributed by atoms with Gasteiger partial charge in [-0.2, -0.15) is 0 Å². The lowest BCUT2D eigenvalue weighted by atomic mass is 9.82. The number of benzene rings is 2. The first-order valence-electron chi connectivity index (χ1n) is 9.11. The van der Waals surface area contributed by atoms with Gasteiger partial charge in [-0.1, -0.05) is 74.0 Å². The molecule has 6 nitrogen and oxygen atoms in total. The number of unbranched alkanes of at least 4 members (excludes halogenated alkanes) is 1. The van der Waals surface area contributed by atoms with Gasteiger partial charge in [-0.25, -0.2) is 4.79 Å². The Morgan fingerprint density at radius 2 is 1.56 bits per heavy atom. The van der Waals surface area contributed by atoms with E-state index in [9.17, 15) is 14.4 Å². The average molecular weight is 365 g/mol. The van der Waals surface area contributed by atoms with Gasteiger partial charge in [0.1, 0.15) is 6.54 Å². The first-order chi connectivity index (χ1) is 13.1. The number of rotatable bonds is 7. The highest BCUT2D eigenvalue weighted by Crippen LogP contribution is 2.35. The van der Waals surface area contributed by atoms with Crippen LogP contribution in [0, 0.1) is 0 Å². The monoisotopic (exact) mass is 365 g/mol. The number of carbonyl (C=O) groups is 3. The van der Waals surface area contributed by atoms with E-state index in [-0.39, 0.29) is 12.5 Å². The van der Waals surface area contributed by atoms with Crippen LogP contribution in [0.25, 0.3) is 0 Å². The van der Waals surface area contributed by atoms with Crippen molar-refractivity contribution in [3.8, 4) is 0 Å². The van der Waals surface area contributed by atoms with Gasteiger partial charge in [-0.15, -0.1) is 0 Å². The van der Waals surface area contributed by atoms with Crippen molar-refractivity contribution in [2.75, 3.05) is 13.1 Å². The minimum atomic E-state index is -1.33. The molecule has 4 amide bonds. The summed E-state index contributed by atoms with van der Waals surface area (Å²) in [4.78, 5) is 39.1. The van der Waals surface area contributed by atoms with Gasteiger partial charge in [0, 0.05) is 6.54 Å². The van der Waals surface area contributed by atoms with Crippen LogP contribution in [0.4, 0.5) is 4.79 Å². The van der Waals surface area contributed by atoms with Gasteiger partial charge in [0.25, 0.3) is 5.91 Å². The predicted molar refractivity (Wildman–Crippen MR) is 102 cm³/mol. The number of nitrogens with one attached hydrogen (secondary N) is 2. The minimum absolute atomic E-state index is 0.296. The van der Waals surface area contributed by atoms with Crippen molar-refractivity contribution in [2.45, 2.75) is 25.3 Å². The molecular weight excluding hydrogens is 342 g/mol. The number of nitrogens with zero attached hydrogens (tertiary/aromatic N) is 1. The van der Waals surface area contributed by atoms with Gasteiger partial charge in [0.2, 0.25) is 5.91 Å². The summed E-state index contributed by atoms with van der Waals surface area (Å²) in [6, 6.07) is 17.6. The van der Waals surface area contributed by atoms with Crippen LogP contribution in [0.15, 0.2) is 60.7 Å². The lowest BCUT2D eigenvalue weighted by molar-refractivity contribution is -0.134. The van der Waals surface area contributed by atoms with Crippen LogP contribution in [0.3, 0.4) is 0 Å². The fraction of sp³-hybridized carbons (Fsp3) is 0.286. The summed E-state index contributed by atoms with van der Waals surface area (Å²) in [7, 11) is 0. The lowest BCUT2D eigenvalue weighted by Gasteiger charge is -2.28. The molecular formula is C21H23N3O3. The van der Waals surface area contributed by atoms with Crippen molar-refractivity contribution in [1.29, 1.82) is 0 Å². The van der Waals surface area contributed by atoms with Crippen molar-refractivity contribution >= 4 is 17.8 Å². The Kier molecular flexibility index (Phi) is 5.54. The maximum Gasteiger partial charge on any atom is 0.326 e. The zero-order valence-electron chi connectivity index (χ0n) is 15.3. The van der Waals surface area contributed by atoms with Crippen molar-refractivity contribution in [2.24, 2.45) is 0 Å². The zero-order chi connectivity index (χ0) is 19.3. The van der Waals surface area contributed by atoms with E-state index >= 15 is 0 Å². The Bertz CT molecular complexity index is 782. The lowest BCUT2D eigenvalue weighted by Crippen LogP contribution is -2.46. The van der Waals surface area contributed by atoms with Gasteiger partial charge in [-0.05, 0) is 17.5 Å². The smallest absolute Gasteiger partial charge is 0.326 e. The van der Waals surface area contributed by atoms with Gasteiger partial charge >= 0.3 is 6.03 Å². The maximum absolute atomic E-state index is 13.4. The van der Waals surface area contributed by atoms with Crippen LogP contribution in [-0.2, 0) is 15.1 Å². The van der Waals surface area contributed by atoms with E-state index in [2.05, 4.69) is 10.6 Å². The molecule has 2 aromatic rings. The first kappa shape index (κ1) is 18.6. The third kappa shape index (κ3) is 3.56. The second-order valence-corrected chi connectivity index (χ2v) is 6.51. The number of imide groups is 1. The van der Waals surface area contributed by atoms with Crippen molar-refractivity contribution in [3.05, 3.63) is 71.8 Å². The first-order valence-corrected chi connectivity index (χ1v) is 9.11. The second kappa shape index (κ2) is 8.03. The highest BCUT2D eigenvalue weighted by Gasteiger charge is 2.53. The number of urea groups is 1. The maximum atomic E-state index is 13.4. The van der Waals surface area contributed by atoms with Crippen LogP contribution in [-0.4, -0.2) is 35.8 Å². The van der Waals surface area contributed by atoms with Crippen LogP contribution < -0.4 is 10.6 Å². The molecule has 1 saturated heterocycles. The van der Waals surface area contributed by atoms with Gasteiger partial charge in [0.15, 0.2) is 5.54 Å². The van der Waals surface area contributed by atoms with E-state index in [0.717, 1.165) is 17.7 Å². The summed E-state index contributed by atoms with van der Waals surface area (Å²) in [5.41, 5.74) is -0.0181. The summed E-state index contributed by atoms with van der Waals surface area (Å²) in [6.45, 7) is 2.26. The number of hydrogen-bond donors (Lipinski definition) is 2. The van der Waals surface area contributed by atoms with E-state index < -0.39 is 17.5 Å². The van der Waals surface area contributed by atoms with E-state index in [1.165, 1.54) is 0 Å². The largest absolute Gasteiger partial charge is 0.355 e. The average Bonchev–Trinajstić information content (AvgIpc) is 2.95. The van der Waals surface area contributed by atoms with Crippen molar-refractivity contribution < 1.29 is 14.4 Å². The molecule has 2 aromatic carbocycles. The standard InChI is InChI=1S/C21H23N3O3/c1-2-3-14-22-18(25)15-24-19(26)21(23-20(24)27,16-10-6-4-7-11-16)17-12-8-5-9-13-17/h4-13H,2-3,14-15H2,1H3,(H,22,25)(H,23,27). The third-order valence-corrected chi connectivity index (χ3v) is 4.67. The normalized spacial score (nSPS) is 15.5. The van der Waals surface area contributed by atoms with E-state index in [0.29, 0.717) is 17.7 Å². The van der Waals surface area contributed by atoms with Gasteiger partial charge in [-0.3, -0.25) is 14.5 Å².